The lowest BCUT2D eigenvalue weighted by molar-refractivity contribution is -0.119. The second-order valence-corrected chi connectivity index (χ2v) is 8.27. The van der Waals surface area contributed by atoms with Gasteiger partial charge >= 0.3 is 5.97 Å². The first kappa shape index (κ1) is 23.8. The van der Waals surface area contributed by atoms with Gasteiger partial charge in [-0.3, -0.25) is 9.59 Å². The lowest BCUT2D eigenvalue weighted by Gasteiger charge is -2.18. The Bertz CT molecular complexity index is 1460. The van der Waals surface area contributed by atoms with Gasteiger partial charge in [-0.2, -0.15) is 0 Å². The molecule has 7 heteroatoms. The Labute approximate surface area is 213 Å². The zero-order chi connectivity index (χ0) is 25.6. The normalized spacial score (nSPS) is 11.9. The number of ketones is 1. The van der Waals surface area contributed by atoms with Gasteiger partial charge in [0.1, 0.15) is 13.2 Å². The Balaban J connectivity index is 1.28. The molecule has 0 fully saturated rings. The van der Waals surface area contributed by atoms with Crippen LogP contribution >= 0.6 is 0 Å². The highest BCUT2D eigenvalue weighted by atomic mass is 16.6. The van der Waals surface area contributed by atoms with Crippen molar-refractivity contribution in [3.63, 3.8) is 0 Å². The number of amides is 1. The molecule has 7 nitrogen and oxygen atoms in total. The molecular weight excluding hydrogens is 470 g/mol. The summed E-state index contributed by atoms with van der Waals surface area (Å²) in [5.74, 6) is -0.592. The first-order chi connectivity index (χ1) is 18.1. The summed E-state index contributed by atoms with van der Waals surface area (Å²) < 4.78 is 16.3. The van der Waals surface area contributed by atoms with E-state index in [4.69, 9.17) is 14.2 Å². The van der Waals surface area contributed by atoms with Gasteiger partial charge in [0.15, 0.2) is 23.9 Å². The SMILES string of the molecule is O=C(COC(=O)c1ccccc1C(=O)c1ccc2c(c1)OCCO2)Nc1ccccc1-c1ccccc1. The summed E-state index contributed by atoms with van der Waals surface area (Å²) in [6.07, 6.45) is 0. The highest BCUT2D eigenvalue weighted by Crippen LogP contribution is 2.32. The topological polar surface area (TPSA) is 90.9 Å². The molecule has 1 N–H and O–H groups in total. The monoisotopic (exact) mass is 493 g/mol. The fourth-order valence-electron chi connectivity index (χ4n) is 4.06. The van der Waals surface area contributed by atoms with Gasteiger partial charge in [0.05, 0.1) is 5.56 Å². The van der Waals surface area contributed by atoms with Crippen molar-refractivity contribution in [3.8, 4) is 22.6 Å². The minimum Gasteiger partial charge on any atom is -0.486 e. The average Bonchev–Trinajstić information content (AvgIpc) is 2.96. The number of benzene rings is 4. The third-order valence-corrected chi connectivity index (χ3v) is 5.82. The molecule has 0 atom stereocenters. The largest absolute Gasteiger partial charge is 0.486 e. The summed E-state index contributed by atoms with van der Waals surface area (Å²) in [6, 6.07) is 28.2. The van der Waals surface area contributed by atoms with Gasteiger partial charge in [0, 0.05) is 22.4 Å². The molecule has 4 aromatic rings. The molecule has 0 radical (unpaired) electrons. The lowest BCUT2D eigenvalue weighted by Crippen LogP contribution is -2.22. The minimum absolute atomic E-state index is 0.0693. The second-order valence-electron chi connectivity index (χ2n) is 8.27. The van der Waals surface area contributed by atoms with Gasteiger partial charge in [-0.25, -0.2) is 4.79 Å². The van der Waals surface area contributed by atoms with E-state index in [1.807, 2.05) is 48.5 Å². The van der Waals surface area contributed by atoms with Crippen LogP contribution in [0.1, 0.15) is 26.3 Å². The predicted octanol–water partition coefficient (Wildman–Crippen LogP) is 5.15. The van der Waals surface area contributed by atoms with Crippen LogP contribution in [-0.2, 0) is 9.53 Å². The number of carbonyl (C=O) groups excluding carboxylic acids is 3. The van der Waals surface area contributed by atoms with Crippen LogP contribution < -0.4 is 14.8 Å². The number of anilines is 1. The van der Waals surface area contributed by atoms with E-state index in [0.717, 1.165) is 11.1 Å². The van der Waals surface area contributed by atoms with Gasteiger partial charge in [-0.1, -0.05) is 66.7 Å². The zero-order valence-electron chi connectivity index (χ0n) is 19.8. The summed E-state index contributed by atoms with van der Waals surface area (Å²) in [5.41, 5.74) is 2.97. The van der Waals surface area contributed by atoms with Crippen LogP contribution in [0.15, 0.2) is 97.1 Å². The molecule has 1 heterocycles. The molecule has 4 aromatic carbocycles. The van der Waals surface area contributed by atoms with E-state index in [1.54, 1.807) is 42.5 Å². The van der Waals surface area contributed by atoms with E-state index >= 15 is 0 Å². The number of esters is 1. The Morgan fingerprint density at radius 1 is 0.730 bits per heavy atom. The van der Waals surface area contributed by atoms with E-state index in [2.05, 4.69) is 5.32 Å². The van der Waals surface area contributed by atoms with Crippen molar-refractivity contribution in [2.24, 2.45) is 0 Å². The fourth-order valence-corrected chi connectivity index (χ4v) is 4.06. The molecule has 0 aromatic heterocycles. The van der Waals surface area contributed by atoms with Gasteiger partial charge < -0.3 is 19.5 Å². The molecule has 1 aliphatic heterocycles. The smallest absolute Gasteiger partial charge is 0.339 e. The summed E-state index contributed by atoms with van der Waals surface area (Å²) >= 11 is 0. The van der Waals surface area contributed by atoms with Gasteiger partial charge in [-0.15, -0.1) is 0 Å². The molecule has 0 unspecified atom stereocenters. The van der Waals surface area contributed by atoms with Gasteiger partial charge in [0.2, 0.25) is 0 Å². The number of carbonyl (C=O) groups is 3. The van der Waals surface area contributed by atoms with Crippen molar-refractivity contribution >= 4 is 23.3 Å². The lowest BCUT2D eigenvalue weighted by atomic mass is 9.98. The maximum atomic E-state index is 13.2. The zero-order valence-corrected chi connectivity index (χ0v) is 19.8. The van der Waals surface area contributed by atoms with Crippen molar-refractivity contribution in [1.82, 2.24) is 0 Å². The van der Waals surface area contributed by atoms with E-state index in [-0.39, 0.29) is 16.9 Å². The van der Waals surface area contributed by atoms with Crippen molar-refractivity contribution in [2.75, 3.05) is 25.1 Å². The van der Waals surface area contributed by atoms with Crippen molar-refractivity contribution in [1.29, 1.82) is 0 Å². The third-order valence-electron chi connectivity index (χ3n) is 5.82. The van der Waals surface area contributed by atoms with E-state index in [0.29, 0.717) is 36.0 Å². The number of nitrogens with one attached hydrogen (secondary N) is 1. The van der Waals surface area contributed by atoms with Crippen molar-refractivity contribution < 1.29 is 28.6 Å². The van der Waals surface area contributed by atoms with E-state index < -0.39 is 18.5 Å². The van der Waals surface area contributed by atoms with Crippen LogP contribution in [-0.4, -0.2) is 37.5 Å². The minimum atomic E-state index is -0.770. The highest BCUT2D eigenvalue weighted by molar-refractivity contribution is 6.15. The standard InChI is InChI=1S/C30H23NO6/c32-28(31-25-13-7-6-10-22(25)20-8-2-1-3-9-20)19-37-30(34)24-12-5-4-11-23(24)29(33)21-14-15-26-27(18-21)36-17-16-35-26/h1-15,18H,16-17,19H2,(H,31,32). The summed E-state index contributed by atoms with van der Waals surface area (Å²) in [4.78, 5) is 38.7. The molecule has 1 amide bonds. The Hall–Kier alpha value is -4.91. The molecule has 5 rings (SSSR count). The molecule has 184 valence electrons. The van der Waals surface area contributed by atoms with Crippen LogP contribution in [0.25, 0.3) is 11.1 Å². The van der Waals surface area contributed by atoms with Crippen LogP contribution in [0.5, 0.6) is 11.5 Å². The van der Waals surface area contributed by atoms with Crippen molar-refractivity contribution in [3.05, 3.63) is 114 Å². The second kappa shape index (κ2) is 10.8. The summed E-state index contributed by atoms with van der Waals surface area (Å²) in [6.45, 7) is 0.334. The fraction of sp³-hybridized carbons (Fsp3) is 0.100. The average molecular weight is 494 g/mol. The van der Waals surface area contributed by atoms with Gasteiger partial charge in [-0.05, 0) is 35.9 Å². The number of hydrogen-bond acceptors (Lipinski definition) is 6. The molecule has 37 heavy (non-hydrogen) atoms. The first-order valence-electron chi connectivity index (χ1n) is 11.7. The van der Waals surface area contributed by atoms with Crippen LogP contribution in [0.3, 0.4) is 0 Å². The molecule has 0 aliphatic carbocycles. The highest BCUT2D eigenvalue weighted by Gasteiger charge is 2.22. The maximum absolute atomic E-state index is 13.2. The molecule has 1 aliphatic rings. The van der Waals surface area contributed by atoms with E-state index in [1.165, 1.54) is 6.07 Å². The van der Waals surface area contributed by atoms with Crippen molar-refractivity contribution in [2.45, 2.75) is 0 Å². The maximum Gasteiger partial charge on any atom is 0.339 e. The molecule has 0 saturated carbocycles. The summed E-state index contributed by atoms with van der Waals surface area (Å²) in [5, 5.41) is 2.80. The summed E-state index contributed by atoms with van der Waals surface area (Å²) in [7, 11) is 0. The van der Waals surface area contributed by atoms with Gasteiger partial charge in [0.25, 0.3) is 5.91 Å². The third kappa shape index (κ3) is 5.36. The van der Waals surface area contributed by atoms with Crippen LogP contribution in [0.2, 0.25) is 0 Å². The molecule has 0 saturated heterocycles. The predicted molar refractivity (Wildman–Crippen MR) is 138 cm³/mol. The number of hydrogen-bond donors (Lipinski definition) is 1. The number of ether oxygens (including phenoxy) is 3. The quantitative estimate of drug-likeness (QED) is 0.283. The molecule has 0 spiro atoms. The number of fused-ring (bicyclic) bond motifs is 1. The Morgan fingerprint density at radius 3 is 2.22 bits per heavy atom. The Kier molecular flexibility index (Phi) is 6.94. The number of rotatable bonds is 7. The Morgan fingerprint density at radius 2 is 1.41 bits per heavy atom. The molecular formula is C30H23NO6. The van der Waals surface area contributed by atoms with Crippen LogP contribution in [0.4, 0.5) is 5.69 Å². The number of para-hydroxylation sites is 1. The van der Waals surface area contributed by atoms with E-state index in [9.17, 15) is 14.4 Å². The van der Waals surface area contributed by atoms with Crippen LogP contribution in [0, 0.1) is 0 Å². The molecule has 0 bridgehead atoms. The first-order valence-corrected chi connectivity index (χ1v) is 11.7.